The highest BCUT2D eigenvalue weighted by atomic mass is 16.2. The van der Waals surface area contributed by atoms with Crippen LogP contribution in [0.3, 0.4) is 0 Å². The lowest BCUT2D eigenvalue weighted by Gasteiger charge is -2.63. The van der Waals surface area contributed by atoms with Gasteiger partial charge in [-0.1, -0.05) is 60.7 Å². The molecule has 6 heteroatoms. The van der Waals surface area contributed by atoms with Gasteiger partial charge in [-0.2, -0.15) is 0 Å². The number of benzene rings is 2. The molecule has 2 aliphatic heterocycles. The molecule has 0 spiro atoms. The number of carbonyl (C=O) groups is 1. The first kappa shape index (κ1) is 26.0. The lowest BCUT2D eigenvalue weighted by Crippen LogP contribution is -2.68. The zero-order valence-electron chi connectivity index (χ0n) is 23.3. The smallest absolute Gasteiger partial charge is 0.234 e. The molecule has 2 bridgehead atoms. The van der Waals surface area contributed by atoms with Crippen LogP contribution < -0.4 is 5.32 Å². The predicted molar refractivity (Wildman–Crippen MR) is 153 cm³/mol. The van der Waals surface area contributed by atoms with Crippen LogP contribution in [0, 0.1) is 5.92 Å². The van der Waals surface area contributed by atoms with E-state index in [1.807, 2.05) is 0 Å². The zero-order chi connectivity index (χ0) is 26.1. The summed E-state index contributed by atoms with van der Waals surface area (Å²) in [5.41, 5.74) is 2.99. The molecule has 6 nitrogen and oxygen atoms in total. The van der Waals surface area contributed by atoms with Crippen LogP contribution in [0.5, 0.6) is 0 Å². The van der Waals surface area contributed by atoms with Crippen molar-refractivity contribution in [2.75, 3.05) is 73.0 Å². The first-order valence-electron chi connectivity index (χ1n) is 14.7. The average Bonchev–Trinajstić information content (AvgIpc) is 2.95. The highest BCUT2D eigenvalue weighted by Gasteiger charge is 2.58. The Morgan fingerprint density at radius 1 is 0.737 bits per heavy atom. The molecule has 2 saturated heterocycles. The standard InChI is InChI=1S/C32H45N5O/c1-34-13-17-36(18-14-34)24-30(38)33-29-23-32(37-19-15-35(2)16-20-37)21-27(25-9-5-3-6-10-25)31(29)28(22-32)26-11-7-4-8-12-26/h3-12,27-29,31H,13-24H2,1-2H3,(H,33,38)/t27-,28-,29-,31?,32?/m0/s1. The van der Waals surface area contributed by atoms with Crippen molar-refractivity contribution in [2.45, 2.75) is 42.7 Å². The highest BCUT2D eigenvalue weighted by Crippen LogP contribution is 2.59. The molecule has 2 aromatic carbocycles. The van der Waals surface area contributed by atoms with Crippen molar-refractivity contribution in [3.05, 3.63) is 71.8 Å². The van der Waals surface area contributed by atoms with E-state index < -0.39 is 0 Å². The summed E-state index contributed by atoms with van der Waals surface area (Å²) in [6.07, 6.45) is 3.46. The first-order chi connectivity index (χ1) is 18.5. The average molecular weight is 516 g/mol. The number of amides is 1. The van der Waals surface area contributed by atoms with Crippen LogP contribution in [0.2, 0.25) is 0 Å². The number of piperazine rings is 2. The molecule has 3 saturated carbocycles. The fourth-order valence-electron chi connectivity index (χ4n) is 8.09. The number of likely N-dealkylation sites (N-methyl/N-ethyl adjacent to an activating group) is 2. The molecule has 5 fully saturated rings. The summed E-state index contributed by atoms with van der Waals surface area (Å²) in [5.74, 6) is 1.50. The Bertz CT molecular complexity index is 1010. The second-order valence-electron chi connectivity index (χ2n) is 12.5. The van der Waals surface area contributed by atoms with Gasteiger partial charge in [0.25, 0.3) is 0 Å². The van der Waals surface area contributed by atoms with Crippen LogP contribution in [-0.2, 0) is 4.79 Å². The van der Waals surface area contributed by atoms with Gasteiger partial charge in [0.15, 0.2) is 0 Å². The van der Waals surface area contributed by atoms with Gasteiger partial charge in [0.05, 0.1) is 6.54 Å². The molecule has 3 aliphatic carbocycles. The Morgan fingerprint density at radius 3 is 1.76 bits per heavy atom. The number of rotatable bonds is 6. The van der Waals surface area contributed by atoms with E-state index >= 15 is 0 Å². The van der Waals surface area contributed by atoms with E-state index in [1.54, 1.807) is 0 Å². The molecule has 7 rings (SSSR count). The van der Waals surface area contributed by atoms with E-state index in [9.17, 15) is 4.79 Å². The number of hydrogen-bond donors (Lipinski definition) is 1. The number of nitrogens with zero attached hydrogens (tertiary/aromatic N) is 4. The summed E-state index contributed by atoms with van der Waals surface area (Å²) in [7, 11) is 4.41. The van der Waals surface area contributed by atoms with Gasteiger partial charge >= 0.3 is 0 Å². The van der Waals surface area contributed by atoms with Crippen molar-refractivity contribution in [3.8, 4) is 0 Å². The van der Waals surface area contributed by atoms with Crippen molar-refractivity contribution < 1.29 is 4.79 Å². The fraction of sp³-hybridized carbons (Fsp3) is 0.594. The molecule has 38 heavy (non-hydrogen) atoms. The fourth-order valence-corrected chi connectivity index (χ4v) is 8.09. The molecule has 0 radical (unpaired) electrons. The summed E-state index contributed by atoms with van der Waals surface area (Å²) < 4.78 is 0. The molecule has 5 aliphatic rings. The summed E-state index contributed by atoms with van der Waals surface area (Å²) in [4.78, 5) is 23.5. The second kappa shape index (κ2) is 11.1. The van der Waals surface area contributed by atoms with Crippen molar-refractivity contribution in [3.63, 3.8) is 0 Å². The topological polar surface area (TPSA) is 42.1 Å². The van der Waals surface area contributed by atoms with Gasteiger partial charge in [-0.25, -0.2) is 0 Å². The minimum absolute atomic E-state index is 0.114. The molecule has 1 N–H and O–H groups in total. The maximum atomic E-state index is 13.6. The van der Waals surface area contributed by atoms with Crippen molar-refractivity contribution in [2.24, 2.45) is 5.92 Å². The van der Waals surface area contributed by atoms with Gasteiger partial charge in [0.1, 0.15) is 0 Å². The first-order valence-corrected chi connectivity index (χ1v) is 14.7. The van der Waals surface area contributed by atoms with E-state index in [1.165, 1.54) is 24.0 Å². The van der Waals surface area contributed by atoms with Crippen LogP contribution in [-0.4, -0.2) is 110 Å². The van der Waals surface area contributed by atoms with E-state index in [-0.39, 0.29) is 17.5 Å². The molecule has 0 unspecified atom stereocenters. The Balaban J connectivity index is 1.33. The summed E-state index contributed by atoms with van der Waals surface area (Å²) in [6, 6.07) is 22.5. The molecule has 2 aromatic rings. The van der Waals surface area contributed by atoms with Gasteiger partial charge in [-0.3, -0.25) is 14.6 Å². The zero-order valence-corrected chi connectivity index (χ0v) is 23.3. The second-order valence-corrected chi connectivity index (χ2v) is 12.5. The largest absolute Gasteiger partial charge is 0.352 e. The SMILES string of the molecule is CN1CCN(CC(=O)N[C@H]2CC3(N4CCN(C)CC4)C[C@@H](c4ccccc4)C2[C@H](c2ccccc2)C3)CC1. The molecule has 204 valence electrons. The number of hydrogen-bond acceptors (Lipinski definition) is 5. The van der Waals surface area contributed by atoms with Gasteiger partial charge in [0, 0.05) is 63.9 Å². The normalized spacial score (nSPS) is 33.3. The highest BCUT2D eigenvalue weighted by molar-refractivity contribution is 5.78. The molecule has 0 aromatic heterocycles. The molecular weight excluding hydrogens is 470 g/mol. The lowest BCUT2D eigenvalue weighted by atomic mass is 9.51. The lowest BCUT2D eigenvalue weighted by molar-refractivity contribution is -0.127. The van der Waals surface area contributed by atoms with Crippen LogP contribution >= 0.6 is 0 Å². The predicted octanol–water partition coefficient (Wildman–Crippen LogP) is 3.09. The summed E-state index contributed by atoms with van der Waals surface area (Å²) >= 11 is 0. The Labute approximate surface area is 229 Å². The monoisotopic (exact) mass is 515 g/mol. The number of nitrogens with one attached hydrogen (secondary N) is 1. The van der Waals surface area contributed by atoms with Crippen molar-refractivity contribution >= 4 is 5.91 Å². The number of fused-ring (bicyclic) bond motifs is 3. The van der Waals surface area contributed by atoms with Crippen LogP contribution in [0.15, 0.2) is 60.7 Å². The molecule has 3 atom stereocenters. The quantitative estimate of drug-likeness (QED) is 0.641. The van der Waals surface area contributed by atoms with Gasteiger partial charge < -0.3 is 15.1 Å². The van der Waals surface area contributed by atoms with E-state index in [0.717, 1.165) is 58.8 Å². The Morgan fingerprint density at radius 2 is 1.24 bits per heavy atom. The Hall–Kier alpha value is -2.25. The minimum Gasteiger partial charge on any atom is -0.352 e. The van der Waals surface area contributed by atoms with Gasteiger partial charge in [0.2, 0.25) is 5.91 Å². The molecule has 2 heterocycles. The van der Waals surface area contributed by atoms with E-state index in [4.69, 9.17) is 0 Å². The summed E-state index contributed by atoms with van der Waals surface area (Å²) in [5, 5.41) is 3.65. The third-order valence-electron chi connectivity index (χ3n) is 10.1. The van der Waals surface area contributed by atoms with E-state index in [0.29, 0.717) is 24.3 Å². The summed E-state index contributed by atoms with van der Waals surface area (Å²) in [6.45, 7) is 9.03. The maximum Gasteiger partial charge on any atom is 0.234 e. The minimum atomic E-state index is 0.114. The van der Waals surface area contributed by atoms with Gasteiger partial charge in [-0.15, -0.1) is 0 Å². The maximum absolute atomic E-state index is 13.6. The van der Waals surface area contributed by atoms with Crippen LogP contribution in [0.4, 0.5) is 0 Å². The van der Waals surface area contributed by atoms with Crippen molar-refractivity contribution in [1.82, 2.24) is 24.9 Å². The van der Waals surface area contributed by atoms with Gasteiger partial charge in [-0.05, 0) is 62.2 Å². The number of carbonyl (C=O) groups excluding carboxylic acids is 1. The third-order valence-corrected chi connectivity index (χ3v) is 10.1. The molecular formula is C32H45N5O. The van der Waals surface area contributed by atoms with Crippen LogP contribution in [0.1, 0.15) is 42.2 Å². The van der Waals surface area contributed by atoms with Crippen molar-refractivity contribution in [1.29, 1.82) is 0 Å². The third kappa shape index (κ3) is 5.29. The van der Waals surface area contributed by atoms with Crippen LogP contribution in [0.25, 0.3) is 0 Å². The Kier molecular flexibility index (Phi) is 7.59. The molecule has 1 amide bonds. The van der Waals surface area contributed by atoms with E-state index in [2.05, 4.69) is 99.7 Å².